The summed E-state index contributed by atoms with van der Waals surface area (Å²) in [5.41, 5.74) is 0.0899. The molecule has 0 heterocycles. The molecule has 0 saturated heterocycles. The molecule has 2 nitrogen and oxygen atoms in total. The lowest BCUT2D eigenvalue weighted by Crippen LogP contribution is -2.06. The molecular weight excluding hydrogens is 200 g/mol. The molecule has 0 aliphatic rings. The van der Waals surface area contributed by atoms with Gasteiger partial charge in [0.1, 0.15) is 11.6 Å². The van der Waals surface area contributed by atoms with E-state index in [1.165, 1.54) is 0 Å². The van der Waals surface area contributed by atoms with Crippen molar-refractivity contribution >= 4 is 11.6 Å². The van der Waals surface area contributed by atoms with Gasteiger partial charge in [-0.3, -0.25) is 0 Å². The van der Waals surface area contributed by atoms with Crippen molar-refractivity contribution in [3.05, 3.63) is 34.4 Å². The normalized spacial score (nSPS) is 10.5. The maximum absolute atomic E-state index is 13.0. The highest BCUT2D eigenvalue weighted by Crippen LogP contribution is 2.22. The molecule has 0 aliphatic carbocycles. The van der Waals surface area contributed by atoms with Gasteiger partial charge in [-0.1, -0.05) is 11.6 Å². The van der Waals surface area contributed by atoms with Crippen LogP contribution in [0.3, 0.4) is 0 Å². The predicted molar refractivity (Wildman–Crippen MR) is 45.2 cm³/mol. The fraction of sp³-hybridized carbons (Fsp3) is 0.250. The van der Waals surface area contributed by atoms with Gasteiger partial charge < -0.3 is 4.84 Å². The van der Waals surface area contributed by atoms with E-state index in [0.717, 1.165) is 12.1 Å². The fourth-order valence-corrected chi connectivity index (χ4v) is 1.21. The molecule has 0 fully saturated rings. The molecule has 72 valence electrons. The predicted octanol–water partition coefficient (Wildman–Crippen LogP) is 2.05. The highest BCUT2D eigenvalue weighted by Gasteiger charge is 2.11. The molecule has 0 amide bonds. The zero-order valence-corrected chi connectivity index (χ0v) is 7.44. The first-order chi connectivity index (χ1) is 6.16. The van der Waals surface area contributed by atoms with Gasteiger partial charge in [0.2, 0.25) is 0 Å². The van der Waals surface area contributed by atoms with E-state index in [-0.39, 0.29) is 23.6 Å². The van der Waals surface area contributed by atoms with E-state index in [4.69, 9.17) is 17.5 Å². The Morgan fingerprint density at radius 1 is 1.31 bits per heavy atom. The van der Waals surface area contributed by atoms with Crippen LogP contribution in [0.1, 0.15) is 5.56 Å². The summed E-state index contributed by atoms with van der Waals surface area (Å²) in [6, 6.07) is 2.00. The van der Waals surface area contributed by atoms with E-state index < -0.39 is 11.6 Å². The molecule has 0 bridgehead atoms. The average molecular weight is 208 g/mol. The molecule has 13 heavy (non-hydrogen) atoms. The third-order valence-corrected chi connectivity index (χ3v) is 2.02. The van der Waals surface area contributed by atoms with Crippen molar-refractivity contribution in [3.63, 3.8) is 0 Å². The zero-order chi connectivity index (χ0) is 9.84. The summed E-state index contributed by atoms with van der Waals surface area (Å²) in [4.78, 5) is 4.25. The molecule has 1 aromatic carbocycles. The largest absolute Gasteiger partial charge is 0.304 e. The third kappa shape index (κ3) is 2.37. The van der Waals surface area contributed by atoms with Gasteiger partial charge in [-0.25, -0.2) is 14.7 Å². The van der Waals surface area contributed by atoms with Crippen molar-refractivity contribution in [3.8, 4) is 0 Å². The Bertz CT molecular complexity index is 306. The van der Waals surface area contributed by atoms with Crippen molar-refractivity contribution in [2.75, 3.05) is 6.61 Å². The van der Waals surface area contributed by atoms with Crippen LogP contribution >= 0.6 is 11.6 Å². The molecule has 0 aliphatic heterocycles. The summed E-state index contributed by atoms with van der Waals surface area (Å²) in [7, 11) is 0. The lowest BCUT2D eigenvalue weighted by atomic mass is 10.1. The maximum atomic E-state index is 13.0. The van der Waals surface area contributed by atoms with Crippen LogP contribution in [0.5, 0.6) is 0 Å². The lowest BCUT2D eigenvalue weighted by molar-refractivity contribution is 0.140. The summed E-state index contributed by atoms with van der Waals surface area (Å²) >= 11 is 5.52. The van der Waals surface area contributed by atoms with Crippen LogP contribution in [0, 0.1) is 11.6 Å². The summed E-state index contributed by atoms with van der Waals surface area (Å²) in [5.74, 6) is 3.56. The van der Waals surface area contributed by atoms with Crippen LogP contribution in [-0.4, -0.2) is 6.61 Å². The van der Waals surface area contributed by atoms with Crippen LogP contribution < -0.4 is 5.90 Å². The Labute approximate surface area is 79.2 Å². The number of hydrogen-bond acceptors (Lipinski definition) is 2. The van der Waals surface area contributed by atoms with Gasteiger partial charge in [-0.15, -0.1) is 0 Å². The SMILES string of the molecule is NOCCc1c(F)ccc(F)c1Cl. The van der Waals surface area contributed by atoms with Crippen molar-refractivity contribution in [1.82, 2.24) is 0 Å². The number of nitrogens with two attached hydrogens (primary N) is 1. The van der Waals surface area contributed by atoms with E-state index in [9.17, 15) is 8.78 Å². The van der Waals surface area contributed by atoms with Gasteiger partial charge in [0.15, 0.2) is 0 Å². The van der Waals surface area contributed by atoms with Crippen LogP contribution in [0.15, 0.2) is 12.1 Å². The number of benzene rings is 1. The van der Waals surface area contributed by atoms with E-state index in [1.807, 2.05) is 0 Å². The van der Waals surface area contributed by atoms with E-state index in [0.29, 0.717) is 0 Å². The molecular formula is C8H8ClF2NO. The zero-order valence-electron chi connectivity index (χ0n) is 6.69. The first-order valence-electron chi connectivity index (χ1n) is 3.61. The molecule has 5 heteroatoms. The Balaban J connectivity index is 2.96. The van der Waals surface area contributed by atoms with Gasteiger partial charge in [0.05, 0.1) is 11.6 Å². The first kappa shape index (κ1) is 10.4. The summed E-state index contributed by atoms with van der Waals surface area (Å²) < 4.78 is 25.8. The van der Waals surface area contributed by atoms with E-state index >= 15 is 0 Å². The Hall–Kier alpha value is -0.710. The quantitative estimate of drug-likeness (QED) is 0.608. The molecule has 0 radical (unpaired) electrons. The molecule has 1 aromatic rings. The second-order valence-corrected chi connectivity index (χ2v) is 2.82. The second-order valence-electron chi connectivity index (χ2n) is 2.44. The van der Waals surface area contributed by atoms with E-state index in [2.05, 4.69) is 4.84 Å². The number of halogens is 3. The summed E-state index contributed by atoms with van der Waals surface area (Å²) in [5, 5.41) is -0.211. The van der Waals surface area contributed by atoms with Crippen molar-refractivity contribution in [2.24, 2.45) is 5.90 Å². The van der Waals surface area contributed by atoms with Crippen LogP contribution in [0.25, 0.3) is 0 Å². The first-order valence-corrected chi connectivity index (χ1v) is 3.98. The van der Waals surface area contributed by atoms with E-state index in [1.54, 1.807) is 0 Å². The number of hydrogen-bond donors (Lipinski definition) is 1. The van der Waals surface area contributed by atoms with Crippen molar-refractivity contribution < 1.29 is 13.6 Å². The third-order valence-electron chi connectivity index (χ3n) is 1.61. The number of rotatable bonds is 3. The van der Waals surface area contributed by atoms with Crippen LogP contribution in [-0.2, 0) is 11.3 Å². The Kier molecular flexibility index (Phi) is 3.59. The minimum Gasteiger partial charge on any atom is -0.304 e. The highest BCUT2D eigenvalue weighted by atomic mass is 35.5. The minimum absolute atomic E-state index is 0.0899. The summed E-state index contributed by atoms with van der Waals surface area (Å²) in [6.07, 6.45) is 0.152. The monoisotopic (exact) mass is 207 g/mol. The van der Waals surface area contributed by atoms with Crippen LogP contribution in [0.2, 0.25) is 5.02 Å². The van der Waals surface area contributed by atoms with Gasteiger partial charge in [-0.2, -0.15) is 0 Å². The molecule has 1 rings (SSSR count). The minimum atomic E-state index is -0.643. The second kappa shape index (κ2) is 4.50. The Morgan fingerprint density at radius 2 is 1.92 bits per heavy atom. The smallest absolute Gasteiger partial charge is 0.142 e. The maximum Gasteiger partial charge on any atom is 0.142 e. The van der Waals surface area contributed by atoms with Crippen molar-refractivity contribution in [2.45, 2.75) is 6.42 Å². The van der Waals surface area contributed by atoms with Crippen LogP contribution in [0.4, 0.5) is 8.78 Å². The molecule has 0 saturated carbocycles. The highest BCUT2D eigenvalue weighted by molar-refractivity contribution is 6.31. The summed E-state index contributed by atoms with van der Waals surface area (Å²) in [6.45, 7) is 0.0973. The molecule has 0 unspecified atom stereocenters. The van der Waals surface area contributed by atoms with Crippen molar-refractivity contribution in [1.29, 1.82) is 0 Å². The molecule has 0 aromatic heterocycles. The molecule has 2 N–H and O–H groups in total. The van der Waals surface area contributed by atoms with Gasteiger partial charge in [0.25, 0.3) is 0 Å². The average Bonchev–Trinajstić information content (AvgIpc) is 2.12. The van der Waals surface area contributed by atoms with Gasteiger partial charge in [0, 0.05) is 12.0 Å². The van der Waals surface area contributed by atoms with Gasteiger partial charge in [-0.05, 0) is 12.1 Å². The standard InChI is InChI=1S/C8H8ClF2NO/c9-8-5(3-4-13-12)6(10)1-2-7(8)11/h1-2H,3-4,12H2. The molecule has 0 spiro atoms. The fourth-order valence-electron chi connectivity index (χ4n) is 0.959. The lowest BCUT2D eigenvalue weighted by Gasteiger charge is -2.05. The Morgan fingerprint density at radius 3 is 2.54 bits per heavy atom. The van der Waals surface area contributed by atoms with Gasteiger partial charge >= 0.3 is 0 Å². The topological polar surface area (TPSA) is 35.2 Å². The molecule has 0 atom stereocenters.